The lowest BCUT2D eigenvalue weighted by atomic mass is 10.2. The summed E-state index contributed by atoms with van der Waals surface area (Å²) < 4.78 is 31.8. The second-order valence-corrected chi connectivity index (χ2v) is 4.61. The number of amides is 1. The molecule has 1 aromatic carbocycles. The maximum absolute atomic E-state index is 13.6. The average molecular weight is 323 g/mol. The zero-order valence-electron chi connectivity index (χ0n) is 12.0. The number of aromatic nitrogens is 1. The summed E-state index contributed by atoms with van der Waals surface area (Å²) in [6, 6.07) is 6.10. The van der Waals surface area contributed by atoms with Crippen LogP contribution >= 0.6 is 0 Å². The van der Waals surface area contributed by atoms with Gasteiger partial charge >= 0.3 is 0 Å². The standard InChI is InChI=1S/C15H15F2N3O3/c16-10-3-4-13(11(17)6-10)23-15-9(2-1-5-19-15)8-20-14(22)12(21)7-18/h1-6,12,21H,7-8,18H2,(H,20,22). The third-order valence-corrected chi connectivity index (χ3v) is 2.93. The Morgan fingerprint density at radius 1 is 1.39 bits per heavy atom. The largest absolute Gasteiger partial charge is 0.436 e. The van der Waals surface area contributed by atoms with E-state index in [1.54, 1.807) is 12.1 Å². The van der Waals surface area contributed by atoms with Gasteiger partial charge in [0.25, 0.3) is 0 Å². The summed E-state index contributed by atoms with van der Waals surface area (Å²) in [6.45, 7) is -0.203. The lowest BCUT2D eigenvalue weighted by molar-refractivity contribution is -0.128. The number of benzene rings is 1. The molecule has 4 N–H and O–H groups in total. The van der Waals surface area contributed by atoms with Crippen LogP contribution in [0.4, 0.5) is 8.78 Å². The molecular formula is C15H15F2N3O3. The zero-order valence-corrected chi connectivity index (χ0v) is 12.0. The summed E-state index contributed by atoms with van der Waals surface area (Å²) in [4.78, 5) is 15.5. The minimum Gasteiger partial charge on any atom is -0.436 e. The molecule has 23 heavy (non-hydrogen) atoms. The van der Waals surface area contributed by atoms with Gasteiger partial charge in [0, 0.05) is 30.9 Å². The van der Waals surface area contributed by atoms with Crippen molar-refractivity contribution in [3.8, 4) is 11.6 Å². The van der Waals surface area contributed by atoms with Gasteiger partial charge in [0.05, 0.1) is 0 Å². The number of nitrogens with two attached hydrogens (primary N) is 1. The molecule has 0 aliphatic rings. The number of halogens is 2. The van der Waals surface area contributed by atoms with Crippen LogP contribution in [-0.4, -0.2) is 28.6 Å². The molecule has 122 valence electrons. The number of aliphatic hydroxyl groups excluding tert-OH is 1. The number of carbonyl (C=O) groups excluding carboxylic acids is 1. The summed E-state index contributed by atoms with van der Waals surface area (Å²) in [5.74, 6) is -2.38. The van der Waals surface area contributed by atoms with E-state index >= 15 is 0 Å². The average Bonchev–Trinajstić information content (AvgIpc) is 2.55. The molecule has 0 radical (unpaired) electrons. The Bertz CT molecular complexity index is 697. The SMILES string of the molecule is NCC(O)C(=O)NCc1cccnc1Oc1ccc(F)cc1F. The van der Waals surface area contributed by atoms with Crippen molar-refractivity contribution >= 4 is 5.91 Å². The Balaban J connectivity index is 2.12. The first kappa shape index (κ1) is 16.8. The number of ether oxygens (including phenoxy) is 1. The molecule has 2 aromatic rings. The van der Waals surface area contributed by atoms with E-state index in [0.717, 1.165) is 12.1 Å². The van der Waals surface area contributed by atoms with Gasteiger partial charge in [0.2, 0.25) is 11.8 Å². The topological polar surface area (TPSA) is 97.5 Å². The molecule has 1 atom stereocenters. The smallest absolute Gasteiger partial charge is 0.250 e. The van der Waals surface area contributed by atoms with E-state index < -0.39 is 23.6 Å². The van der Waals surface area contributed by atoms with Crippen LogP contribution in [0.5, 0.6) is 11.6 Å². The van der Waals surface area contributed by atoms with Crippen LogP contribution in [0.15, 0.2) is 36.5 Å². The van der Waals surface area contributed by atoms with E-state index in [9.17, 15) is 18.7 Å². The molecule has 0 fully saturated rings. The fourth-order valence-corrected chi connectivity index (χ4v) is 1.72. The van der Waals surface area contributed by atoms with Crippen molar-refractivity contribution in [3.05, 3.63) is 53.7 Å². The predicted octanol–water partition coefficient (Wildman–Crippen LogP) is 1.09. The van der Waals surface area contributed by atoms with E-state index in [1.165, 1.54) is 6.20 Å². The van der Waals surface area contributed by atoms with Crippen LogP contribution in [0.1, 0.15) is 5.56 Å². The Morgan fingerprint density at radius 2 is 2.17 bits per heavy atom. The van der Waals surface area contributed by atoms with Gasteiger partial charge in [-0.15, -0.1) is 0 Å². The molecule has 2 rings (SSSR count). The van der Waals surface area contributed by atoms with Gasteiger partial charge in [0.15, 0.2) is 11.6 Å². The Hall–Kier alpha value is -2.58. The van der Waals surface area contributed by atoms with Crippen molar-refractivity contribution in [2.45, 2.75) is 12.6 Å². The number of nitrogens with one attached hydrogen (secondary N) is 1. The summed E-state index contributed by atoms with van der Waals surface area (Å²) in [5.41, 5.74) is 5.64. The maximum atomic E-state index is 13.6. The Kier molecular flexibility index (Phi) is 5.56. The molecule has 0 spiro atoms. The zero-order chi connectivity index (χ0) is 16.8. The number of nitrogens with zero attached hydrogens (tertiary/aromatic N) is 1. The number of rotatable bonds is 6. The van der Waals surface area contributed by atoms with E-state index in [-0.39, 0.29) is 24.7 Å². The highest BCUT2D eigenvalue weighted by Crippen LogP contribution is 2.25. The second kappa shape index (κ2) is 7.61. The molecular weight excluding hydrogens is 308 g/mol. The number of aliphatic hydroxyl groups is 1. The van der Waals surface area contributed by atoms with E-state index in [0.29, 0.717) is 11.6 Å². The van der Waals surface area contributed by atoms with Crippen molar-refractivity contribution in [1.82, 2.24) is 10.3 Å². The van der Waals surface area contributed by atoms with Gasteiger partial charge in [-0.05, 0) is 18.2 Å². The first-order valence-corrected chi connectivity index (χ1v) is 6.74. The van der Waals surface area contributed by atoms with Crippen LogP contribution < -0.4 is 15.8 Å². The van der Waals surface area contributed by atoms with Crippen molar-refractivity contribution in [3.63, 3.8) is 0 Å². The van der Waals surface area contributed by atoms with Crippen LogP contribution in [0.25, 0.3) is 0 Å². The monoisotopic (exact) mass is 323 g/mol. The summed E-state index contributed by atoms with van der Waals surface area (Å²) >= 11 is 0. The highest BCUT2D eigenvalue weighted by molar-refractivity contribution is 5.80. The van der Waals surface area contributed by atoms with Gasteiger partial charge in [-0.1, -0.05) is 6.07 Å². The molecule has 1 unspecified atom stereocenters. The minimum absolute atomic E-state index is 0.00187. The summed E-state index contributed by atoms with van der Waals surface area (Å²) in [5, 5.41) is 11.8. The quantitative estimate of drug-likeness (QED) is 0.739. The molecule has 0 aliphatic carbocycles. The van der Waals surface area contributed by atoms with Crippen LogP contribution in [-0.2, 0) is 11.3 Å². The minimum atomic E-state index is -1.31. The van der Waals surface area contributed by atoms with Gasteiger partial charge in [-0.25, -0.2) is 13.8 Å². The Labute approximate surface area is 130 Å². The van der Waals surface area contributed by atoms with Crippen molar-refractivity contribution in [2.24, 2.45) is 5.73 Å². The van der Waals surface area contributed by atoms with E-state index in [4.69, 9.17) is 10.5 Å². The first-order valence-electron chi connectivity index (χ1n) is 6.74. The fraction of sp³-hybridized carbons (Fsp3) is 0.200. The molecule has 0 bridgehead atoms. The van der Waals surface area contributed by atoms with E-state index in [2.05, 4.69) is 10.3 Å². The van der Waals surface area contributed by atoms with Crippen LogP contribution in [0, 0.1) is 11.6 Å². The van der Waals surface area contributed by atoms with Crippen molar-refractivity contribution in [2.75, 3.05) is 6.54 Å². The third kappa shape index (κ3) is 4.44. The highest BCUT2D eigenvalue weighted by Gasteiger charge is 2.15. The molecule has 6 nitrogen and oxygen atoms in total. The molecule has 0 saturated carbocycles. The molecule has 0 aliphatic heterocycles. The predicted molar refractivity (Wildman–Crippen MR) is 77.6 cm³/mol. The van der Waals surface area contributed by atoms with Gasteiger partial charge < -0.3 is 20.9 Å². The third-order valence-electron chi connectivity index (χ3n) is 2.93. The summed E-state index contributed by atoms with van der Waals surface area (Å²) in [6.07, 6.45) is 0.113. The van der Waals surface area contributed by atoms with Crippen molar-refractivity contribution < 1.29 is 23.4 Å². The molecule has 1 heterocycles. The number of carbonyl (C=O) groups is 1. The van der Waals surface area contributed by atoms with Gasteiger partial charge in [-0.2, -0.15) is 0 Å². The Morgan fingerprint density at radius 3 is 2.87 bits per heavy atom. The fourth-order valence-electron chi connectivity index (χ4n) is 1.72. The lowest BCUT2D eigenvalue weighted by Crippen LogP contribution is -2.38. The van der Waals surface area contributed by atoms with Crippen molar-refractivity contribution in [1.29, 1.82) is 0 Å². The first-order chi connectivity index (χ1) is 11.0. The number of pyridine rings is 1. The second-order valence-electron chi connectivity index (χ2n) is 4.61. The molecule has 1 aromatic heterocycles. The van der Waals surface area contributed by atoms with E-state index in [1.807, 2.05) is 0 Å². The molecule has 0 saturated heterocycles. The lowest BCUT2D eigenvalue weighted by Gasteiger charge is -2.12. The number of hydrogen-bond donors (Lipinski definition) is 3. The highest BCUT2D eigenvalue weighted by atomic mass is 19.1. The van der Waals surface area contributed by atoms with Crippen LogP contribution in [0.2, 0.25) is 0 Å². The normalized spacial score (nSPS) is 11.8. The number of hydrogen-bond acceptors (Lipinski definition) is 5. The summed E-state index contributed by atoms with van der Waals surface area (Å²) in [7, 11) is 0. The van der Waals surface area contributed by atoms with Gasteiger partial charge in [0.1, 0.15) is 11.9 Å². The molecule has 1 amide bonds. The van der Waals surface area contributed by atoms with Gasteiger partial charge in [-0.3, -0.25) is 4.79 Å². The van der Waals surface area contributed by atoms with Crippen LogP contribution in [0.3, 0.4) is 0 Å². The maximum Gasteiger partial charge on any atom is 0.250 e. The molecule has 8 heteroatoms.